The molecule has 1 N–H and O–H groups in total. The first kappa shape index (κ1) is 18.7. The Kier molecular flexibility index (Phi) is 5.47. The van der Waals surface area contributed by atoms with E-state index in [4.69, 9.17) is 9.47 Å². The zero-order valence-corrected chi connectivity index (χ0v) is 15.4. The van der Waals surface area contributed by atoms with Crippen LogP contribution in [0.25, 0.3) is 0 Å². The molecule has 3 rings (SSSR count). The molecule has 1 saturated heterocycles. The molecule has 0 radical (unpaired) electrons. The maximum Gasteiger partial charge on any atom is 0.338 e. The monoisotopic (exact) mass is 382 g/mol. The van der Waals surface area contributed by atoms with Crippen molar-refractivity contribution in [1.29, 1.82) is 0 Å². The summed E-state index contributed by atoms with van der Waals surface area (Å²) < 4.78 is 35.2. The van der Waals surface area contributed by atoms with Crippen LogP contribution in [0.4, 0.5) is 5.69 Å². The molecule has 1 aromatic rings. The van der Waals surface area contributed by atoms with E-state index in [0.29, 0.717) is 37.4 Å². The van der Waals surface area contributed by atoms with Gasteiger partial charge < -0.3 is 14.8 Å². The van der Waals surface area contributed by atoms with Crippen LogP contribution in [0.1, 0.15) is 28.8 Å². The lowest BCUT2D eigenvalue weighted by atomic mass is 10.1. The van der Waals surface area contributed by atoms with Crippen molar-refractivity contribution in [3.05, 3.63) is 29.3 Å². The van der Waals surface area contributed by atoms with Gasteiger partial charge in [0.25, 0.3) is 5.91 Å². The number of amides is 1. The van der Waals surface area contributed by atoms with Crippen LogP contribution in [-0.2, 0) is 30.7 Å². The normalized spacial score (nSPS) is 19.3. The summed E-state index contributed by atoms with van der Waals surface area (Å²) >= 11 is 0. The second-order valence-corrected chi connectivity index (χ2v) is 8.35. The molecule has 26 heavy (non-hydrogen) atoms. The van der Waals surface area contributed by atoms with E-state index in [0.717, 1.165) is 24.7 Å². The third-order valence-corrected chi connectivity index (χ3v) is 5.63. The van der Waals surface area contributed by atoms with Gasteiger partial charge in [0.15, 0.2) is 6.61 Å². The fourth-order valence-corrected chi connectivity index (χ4v) is 4.10. The van der Waals surface area contributed by atoms with Crippen LogP contribution in [-0.4, -0.2) is 59.0 Å². The number of nitrogens with zero attached hydrogens (tertiary/aromatic N) is 1. The Labute approximate surface area is 152 Å². The molecule has 2 aliphatic rings. The number of hydrogen-bond acceptors (Lipinski definition) is 6. The Morgan fingerprint density at radius 2 is 2.19 bits per heavy atom. The molecule has 0 spiro atoms. The molecule has 1 atom stereocenters. The summed E-state index contributed by atoms with van der Waals surface area (Å²) in [6.07, 6.45) is 3.62. The van der Waals surface area contributed by atoms with Gasteiger partial charge in [-0.3, -0.25) is 9.10 Å². The molecule has 0 saturated carbocycles. The molecule has 0 bridgehead atoms. The van der Waals surface area contributed by atoms with Gasteiger partial charge in [-0.15, -0.1) is 0 Å². The Balaban J connectivity index is 1.53. The lowest BCUT2D eigenvalue weighted by Crippen LogP contribution is -2.34. The molecule has 8 nitrogen and oxygen atoms in total. The van der Waals surface area contributed by atoms with Gasteiger partial charge in [0, 0.05) is 19.7 Å². The minimum absolute atomic E-state index is 0.0316. The van der Waals surface area contributed by atoms with Crippen LogP contribution in [0.15, 0.2) is 18.2 Å². The van der Waals surface area contributed by atoms with Crippen LogP contribution in [0.5, 0.6) is 0 Å². The molecular weight excluding hydrogens is 360 g/mol. The quantitative estimate of drug-likeness (QED) is 0.717. The summed E-state index contributed by atoms with van der Waals surface area (Å²) in [5.74, 6) is -0.990. The van der Waals surface area contributed by atoms with Crippen molar-refractivity contribution in [2.75, 3.05) is 36.9 Å². The van der Waals surface area contributed by atoms with Crippen LogP contribution >= 0.6 is 0 Å². The number of esters is 1. The van der Waals surface area contributed by atoms with Crippen LogP contribution < -0.4 is 9.62 Å². The Morgan fingerprint density at radius 3 is 2.88 bits per heavy atom. The third kappa shape index (κ3) is 4.34. The molecule has 0 aliphatic carbocycles. The maximum atomic E-state index is 12.1. The summed E-state index contributed by atoms with van der Waals surface area (Å²) in [7, 11) is -3.33. The molecule has 1 fully saturated rings. The van der Waals surface area contributed by atoms with Crippen molar-refractivity contribution in [3.63, 3.8) is 0 Å². The van der Waals surface area contributed by atoms with E-state index in [2.05, 4.69) is 5.32 Å². The van der Waals surface area contributed by atoms with Crippen molar-refractivity contribution < 1.29 is 27.5 Å². The average molecular weight is 382 g/mol. The van der Waals surface area contributed by atoms with Gasteiger partial charge in [0.05, 0.1) is 23.6 Å². The highest BCUT2D eigenvalue weighted by molar-refractivity contribution is 7.92. The van der Waals surface area contributed by atoms with Gasteiger partial charge in [0.1, 0.15) is 0 Å². The second-order valence-electron chi connectivity index (χ2n) is 6.44. The number of rotatable bonds is 6. The highest BCUT2D eigenvalue weighted by Gasteiger charge is 2.27. The molecule has 9 heteroatoms. The lowest BCUT2D eigenvalue weighted by Gasteiger charge is -2.16. The first-order valence-corrected chi connectivity index (χ1v) is 10.4. The van der Waals surface area contributed by atoms with Gasteiger partial charge in [-0.25, -0.2) is 13.2 Å². The second kappa shape index (κ2) is 7.63. The van der Waals surface area contributed by atoms with Gasteiger partial charge >= 0.3 is 5.97 Å². The summed E-state index contributed by atoms with van der Waals surface area (Å²) in [5.41, 5.74) is 1.65. The van der Waals surface area contributed by atoms with Crippen molar-refractivity contribution in [3.8, 4) is 0 Å². The molecule has 2 heterocycles. The van der Waals surface area contributed by atoms with Gasteiger partial charge in [-0.2, -0.15) is 0 Å². The summed E-state index contributed by atoms with van der Waals surface area (Å²) in [4.78, 5) is 23.9. The summed E-state index contributed by atoms with van der Waals surface area (Å²) in [6, 6.07) is 4.72. The fourth-order valence-electron chi connectivity index (χ4n) is 3.14. The van der Waals surface area contributed by atoms with Crippen LogP contribution in [0, 0.1) is 0 Å². The number of anilines is 1. The maximum absolute atomic E-state index is 12.1. The third-order valence-electron chi connectivity index (χ3n) is 4.45. The largest absolute Gasteiger partial charge is 0.452 e. The highest BCUT2D eigenvalue weighted by atomic mass is 32.2. The van der Waals surface area contributed by atoms with Gasteiger partial charge in [-0.05, 0) is 43.0 Å². The Bertz CT molecular complexity index is 801. The molecule has 2 aliphatic heterocycles. The number of sulfonamides is 1. The van der Waals surface area contributed by atoms with E-state index in [1.54, 1.807) is 12.1 Å². The molecule has 0 aromatic heterocycles. The standard InChI is InChI=1S/C17H22N2O6S/c1-26(22,23)19-7-6-12-9-13(4-5-15(12)19)17(21)25-11-16(20)18-10-14-3-2-8-24-14/h4-5,9,14H,2-3,6-8,10-11H2,1H3,(H,18,20)/t14-/m0/s1. The number of carbonyl (C=O) groups excluding carboxylic acids is 2. The molecule has 1 amide bonds. The number of ether oxygens (including phenoxy) is 2. The van der Waals surface area contributed by atoms with Crippen LogP contribution in [0.3, 0.4) is 0 Å². The molecule has 0 unspecified atom stereocenters. The fraction of sp³-hybridized carbons (Fsp3) is 0.529. The Morgan fingerprint density at radius 1 is 1.38 bits per heavy atom. The minimum atomic E-state index is -3.33. The number of hydrogen-bond donors (Lipinski definition) is 1. The van der Waals surface area contributed by atoms with E-state index in [1.165, 1.54) is 10.4 Å². The topological polar surface area (TPSA) is 102 Å². The van der Waals surface area contributed by atoms with Crippen molar-refractivity contribution in [1.82, 2.24) is 5.32 Å². The molecular formula is C17H22N2O6S. The van der Waals surface area contributed by atoms with E-state index in [-0.39, 0.29) is 18.6 Å². The SMILES string of the molecule is CS(=O)(=O)N1CCc2cc(C(=O)OCC(=O)NC[C@@H]3CCCO3)ccc21. The highest BCUT2D eigenvalue weighted by Crippen LogP contribution is 2.30. The molecule has 1 aromatic carbocycles. The first-order chi connectivity index (χ1) is 12.3. The summed E-state index contributed by atoms with van der Waals surface area (Å²) in [6.45, 7) is 1.12. The predicted molar refractivity (Wildman–Crippen MR) is 94.6 cm³/mol. The smallest absolute Gasteiger partial charge is 0.338 e. The first-order valence-electron chi connectivity index (χ1n) is 8.50. The summed E-state index contributed by atoms with van der Waals surface area (Å²) in [5, 5.41) is 2.68. The van der Waals surface area contributed by atoms with Crippen molar-refractivity contribution >= 4 is 27.6 Å². The zero-order chi connectivity index (χ0) is 18.7. The molecule has 142 valence electrons. The Hall–Kier alpha value is -2.13. The van der Waals surface area contributed by atoms with Gasteiger partial charge in [0.2, 0.25) is 10.0 Å². The van der Waals surface area contributed by atoms with E-state index < -0.39 is 16.0 Å². The minimum Gasteiger partial charge on any atom is -0.452 e. The van der Waals surface area contributed by atoms with E-state index in [1.807, 2.05) is 0 Å². The number of nitrogens with one attached hydrogen (secondary N) is 1. The van der Waals surface area contributed by atoms with E-state index in [9.17, 15) is 18.0 Å². The van der Waals surface area contributed by atoms with Crippen molar-refractivity contribution in [2.24, 2.45) is 0 Å². The van der Waals surface area contributed by atoms with Crippen LogP contribution in [0.2, 0.25) is 0 Å². The lowest BCUT2D eigenvalue weighted by molar-refractivity contribution is -0.124. The van der Waals surface area contributed by atoms with Gasteiger partial charge in [-0.1, -0.05) is 0 Å². The zero-order valence-electron chi connectivity index (χ0n) is 14.6. The predicted octanol–water partition coefficient (Wildman–Crippen LogP) is 0.461. The number of carbonyl (C=O) groups is 2. The number of fused-ring (bicyclic) bond motifs is 1. The number of benzene rings is 1. The average Bonchev–Trinajstić information content (AvgIpc) is 3.25. The van der Waals surface area contributed by atoms with Crippen molar-refractivity contribution in [2.45, 2.75) is 25.4 Å². The van der Waals surface area contributed by atoms with E-state index >= 15 is 0 Å².